The number of aryl methyl sites for hydroxylation is 1. The molecular weight excluding hydrogens is 283 g/mol. The number of aliphatic hydroxyl groups excluding tert-OH is 1. The van der Waals surface area contributed by atoms with Crippen molar-refractivity contribution in [3.8, 4) is 0 Å². The van der Waals surface area contributed by atoms with Gasteiger partial charge in [0.1, 0.15) is 5.01 Å². The second-order valence-corrected chi connectivity index (χ2v) is 5.54. The minimum Gasteiger partial charge on any atom is -0.382 e. The zero-order valence-corrected chi connectivity index (χ0v) is 11.4. The largest absolute Gasteiger partial charge is 0.416 e. The molecule has 1 aromatic rings. The lowest BCUT2D eigenvalue weighted by Crippen LogP contribution is -2.57. The van der Waals surface area contributed by atoms with Gasteiger partial charge in [-0.05, 0) is 20.3 Å². The van der Waals surface area contributed by atoms with Crippen LogP contribution in [0.1, 0.15) is 35.6 Å². The number of aromatic nitrogens is 2. The highest BCUT2D eigenvalue weighted by Crippen LogP contribution is 2.28. The maximum atomic E-state index is 12.4. The molecule has 108 valence electrons. The van der Waals surface area contributed by atoms with Gasteiger partial charge in [-0.15, -0.1) is 10.2 Å². The minimum absolute atomic E-state index is 0.0284. The molecule has 0 aliphatic rings. The summed E-state index contributed by atoms with van der Waals surface area (Å²) in [4.78, 5) is 11.7. The summed E-state index contributed by atoms with van der Waals surface area (Å²) in [6.45, 7) is 4.00. The zero-order chi connectivity index (χ0) is 14.8. The molecule has 19 heavy (non-hydrogen) atoms. The molecule has 0 saturated carbocycles. The molecule has 1 heterocycles. The predicted molar refractivity (Wildman–Crippen MR) is 62.9 cm³/mol. The van der Waals surface area contributed by atoms with Gasteiger partial charge in [0.15, 0.2) is 6.10 Å². The summed E-state index contributed by atoms with van der Waals surface area (Å²) < 4.78 is 37.3. The van der Waals surface area contributed by atoms with Crippen LogP contribution >= 0.6 is 11.3 Å². The number of rotatable bonds is 4. The molecule has 0 aromatic carbocycles. The molecule has 0 aliphatic heterocycles. The first-order valence-corrected chi connectivity index (χ1v) is 6.29. The number of hydrogen-bond donors (Lipinski definition) is 2. The fourth-order valence-electron chi connectivity index (χ4n) is 1.31. The normalized spacial score (nSPS) is 14.3. The van der Waals surface area contributed by atoms with E-state index >= 15 is 0 Å². The molecule has 5 nitrogen and oxygen atoms in total. The van der Waals surface area contributed by atoms with Crippen molar-refractivity contribution in [1.29, 1.82) is 0 Å². The van der Waals surface area contributed by atoms with Crippen LogP contribution in [0.15, 0.2) is 0 Å². The third kappa shape index (κ3) is 3.87. The van der Waals surface area contributed by atoms with Gasteiger partial charge in [0.05, 0.1) is 5.54 Å². The van der Waals surface area contributed by atoms with Crippen LogP contribution in [0.25, 0.3) is 0 Å². The lowest BCUT2D eigenvalue weighted by molar-refractivity contribution is -0.222. The summed E-state index contributed by atoms with van der Waals surface area (Å²) in [5, 5.41) is 19.2. The highest BCUT2D eigenvalue weighted by Gasteiger charge is 2.48. The Morgan fingerprint density at radius 2 is 2.00 bits per heavy atom. The quantitative estimate of drug-likeness (QED) is 0.884. The van der Waals surface area contributed by atoms with Crippen molar-refractivity contribution in [2.24, 2.45) is 0 Å². The SMILES string of the molecule is CCc1nnc(C(=O)NC(C)(C)C(O)C(F)(F)F)s1. The van der Waals surface area contributed by atoms with E-state index in [9.17, 15) is 23.1 Å². The number of aliphatic hydroxyl groups is 1. The zero-order valence-electron chi connectivity index (χ0n) is 10.6. The van der Waals surface area contributed by atoms with Gasteiger partial charge < -0.3 is 10.4 Å². The van der Waals surface area contributed by atoms with E-state index in [4.69, 9.17) is 0 Å². The summed E-state index contributed by atoms with van der Waals surface area (Å²) in [5.74, 6) is -0.787. The Hall–Kier alpha value is -1.22. The van der Waals surface area contributed by atoms with Gasteiger partial charge in [-0.25, -0.2) is 0 Å². The lowest BCUT2D eigenvalue weighted by atomic mass is 9.97. The Morgan fingerprint density at radius 3 is 2.42 bits per heavy atom. The van der Waals surface area contributed by atoms with Crippen LogP contribution in [-0.2, 0) is 6.42 Å². The van der Waals surface area contributed by atoms with Crippen molar-refractivity contribution in [2.45, 2.75) is 45.0 Å². The number of nitrogens with zero attached hydrogens (tertiary/aromatic N) is 2. The molecule has 1 unspecified atom stereocenters. The molecule has 1 rings (SSSR count). The molecule has 2 N–H and O–H groups in total. The molecule has 1 aromatic heterocycles. The highest BCUT2D eigenvalue weighted by molar-refractivity contribution is 7.13. The lowest BCUT2D eigenvalue weighted by Gasteiger charge is -2.32. The van der Waals surface area contributed by atoms with Crippen molar-refractivity contribution >= 4 is 17.2 Å². The average Bonchev–Trinajstić information content (AvgIpc) is 2.74. The molecule has 9 heteroatoms. The molecule has 0 saturated heterocycles. The predicted octanol–water partition coefficient (Wildman–Crippen LogP) is 1.53. The summed E-state index contributed by atoms with van der Waals surface area (Å²) in [6.07, 6.45) is -6.89. The summed E-state index contributed by atoms with van der Waals surface area (Å²) in [5.41, 5.74) is -1.85. The van der Waals surface area contributed by atoms with Crippen LogP contribution in [0.3, 0.4) is 0 Å². The second-order valence-electron chi connectivity index (χ2n) is 4.47. The van der Waals surface area contributed by atoms with Crippen molar-refractivity contribution in [1.82, 2.24) is 15.5 Å². The van der Waals surface area contributed by atoms with E-state index in [1.165, 1.54) is 0 Å². The van der Waals surface area contributed by atoms with Gasteiger partial charge in [-0.1, -0.05) is 18.3 Å². The summed E-state index contributed by atoms with van der Waals surface area (Å²) in [7, 11) is 0. The smallest absolute Gasteiger partial charge is 0.382 e. The number of carbonyl (C=O) groups is 1. The number of carbonyl (C=O) groups excluding carboxylic acids is 1. The van der Waals surface area contributed by atoms with E-state index in [0.717, 1.165) is 25.2 Å². The van der Waals surface area contributed by atoms with E-state index < -0.39 is 23.7 Å². The van der Waals surface area contributed by atoms with E-state index in [1.807, 2.05) is 6.92 Å². The topological polar surface area (TPSA) is 75.1 Å². The molecule has 0 fully saturated rings. The minimum atomic E-state index is -4.81. The van der Waals surface area contributed by atoms with Gasteiger partial charge in [0.2, 0.25) is 5.01 Å². The number of amides is 1. The van der Waals surface area contributed by atoms with Crippen LogP contribution < -0.4 is 5.32 Å². The van der Waals surface area contributed by atoms with Crippen molar-refractivity contribution < 1.29 is 23.1 Å². The first-order chi connectivity index (χ1) is 8.58. The third-order valence-electron chi connectivity index (χ3n) is 2.39. The first-order valence-electron chi connectivity index (χ1n) is 5.47. The molecule has 1 amide bonds. The van der Waals surface area contributed by atoms with Gasteiger partial charge >= 0.3 is 6.18 Å². The van der Waals surface area contributed by atoms with E-state index in [-0.39, 0.29) is 5.01 Å². The maximum absolute atomic E-state index is 12.4. The average molecular weight is 297 g/mol. The Kier molecular flexibility index (Phi) is 4.51. The van der Waals surface area contributed by atoms with Crippen LogP contribution in [0.2, 0.25) is 0 Å². The van der Waals surface area contributed by atoms with Gasteiger partial charge in [-0.3, -0.25) is 4.79 Å². The molecular formula is C10H14F3N3O2S. The number of nitrogens with one attached hydrogen (secondary N) is 1. The molecule has 0 bridgehead atoms. The van der Waals surface area contributed by atoms with Crippen LogP contribution in [-0.4, -0.2) is 39.0 Å². The van der Waals surface area contributed by atoms with Crippen molar-refractivity contribution in [2.75, 3.05) is 0 Å². The Morgan fingerprint density at radius 1 is 1.42 bits per heavy atom. The summed E-state index contributed by atoms with van der Waals surface area (Å²) in [6, 6.07) is 0. The summed E-state index contributed by atoms with van der Waals surface area (Å²) >= 11 is 1.00. The second kappa shape index (κ2) is 5.41. The molecule has 0 aliphatic carbocycles. The molecule has 1 atom stereocenters. The Labute approximate surface area is 111 Å². The van der Waals surface area contributed by atoms with Gasteiger partial charge in [0.25, 0.3) is 5.91 Å². The molecule has 0 radical (unpaired) electrons. The van der Waals surface area contributed by atoms with Crippen molar-refractivity contribution in [3.63, 3.8) is 0 Å². The van der Waals surface area contributed by atoms with E-state index in [1.54, 1.807) is 0 Å². The van der Waals surface area contributed by atoms with Crippen LogP contribution in [0, 0.1) is 0 Å². The van der Waals surface area contributed by atoms with Crippen molar-refractivity contribution in [3.05, 3.63) is 10.0 Å². The Bertz CT molecular complexity index is 459. The number of halogens is 3. The molecule has 0 spiro atoms. The van der Waals surface area contributed by atoms with E-state index in [0.29, 0.717) is 11.4 Å². The fraction of sp³-hybridized carbons (Fsp3) is 0.700. The standard InChI is InChI=1S/C10H14F3N3O2S/c1-4-5-15-16-7(19-5)6(17)14-9(2,3)8(18)10(11,12)13/h8,18H,4H2,1-3H3,(H,14,17). The van der Waals surface area contributed by atoms with Crippen LogP contribution in [0.5, 0.6) is 0 Å². The fourth-order valence-corrected chi connectivity index (χ4v) is 1.99. The Balaban J connectivity index is 2.80. The van der Waals surface area contributed by atoms with E-state index in [2.05, 4.69) is 15.5 Å². The number of alkyl halides is 3. The maximum Gasteiger partial charge on any atom is 0.416 e. The first kappa shape index (κ1) is 15.8. The van der Waals surface area contributed by atoms with Gasteiger partial charge in [0, 0.05) is 0 Å². The number of hydrogen-bond acceptors (Lipinski definition) is 5. The third-order valence-corrected chi connectivity index (χ3v) is 3.46. The van der Waals surface area contributed by atoms with Gasteiger partial charge in [-0.2, -0.15) is 13.2 Å². The monoisotopic (exact) mass is 297 g/mol. The highest BCUT2D eigenvalue weighted by atomic mass is 32.1. The van der Waals surface area contributed by atoms with Crippen LogP contribution in [0.4, 0.5) is 13.2 Å².